The molecule has 1 unspecified atom stereocenters. The number of carboxylic acids is 1. The fourth-order valence-corrected chi connectivity index (χ4v) is 6.31. The molecule has 0 saturated carbocycles. The third-order valence-corrected chi connectivity index (χ3v) is 9.49. The van der Waals surface area contributed by atoms with E-state index in [1.54, 1.807) is 77.9 Å². The quantitative estimate of drug-likeness (QED) is 0.115. The highest BCUT2D eigenvalue weighted by atomic mass is 32.2. The molecule has 3 N–H and O–H groups in total. The number of fused-ring (bicyclic) bond motifs is 1. The molecule has 3 aromatic carbocycles. The Balaban J connectivity index is 1.42. The molecule has 1 atom stereocenters. The van der Waals surface area contributed by atoms with Crippen molar-refractivity contribution in [2.24, 2.45) is 0 Å². The van der Waals surface area contributed by atoms with Gasteiger partial charge in [0.1, 0.15) is 11.7 Å². The highest BCUT2D eigenvalue weighted by molar-refractivity contribution is 7.91. The van der Waals surface area contributed by atoms with Crippen LogP contribution in [0, 0.1) is 11.3 Å². The maximum Gasteiger partial charge on any atom is 0.440 e. The first-order valence-electron chi connectivity index (χ1n) is 17.1. The average Bonchev–Trinajstić information content (AvgIpc) is 3.08. The lowest BCUT2D eigenvalue weighted by molar-refractivity contribution is -0.138. The number of rotatable bonds is 13. The molecule has 0 aliphatic heterocycles. The van der Waals surface area contributed by atoms with Gasteiger partial charge in [0, 0.05) is 29.4 Å². The minimum absolute atomic E-state index is 0.0284. The van der Waals surface area contributed by atoms with Gasteiger partial charge in [0.2, 0.25) is 5.91 Å². The van der Waals surface area contributed by atoms with Crippen LogP contribution in [0.1, 0.15) is 84.0 Å². The van der Waals surface area contributed by atoms with Crippen LogP contribution in [-0.4, -0.2) is 53.4 Å². The number of nitriles is 1. The Labute approximate surface area is 309 Å². The van der Waals surface area contributed by atoms with Crippen LogP contribution in [0.4, 0.5) is 22.0 Å². The molecule has 4 rings (SSSR count). The number of carbonyl (C=O) groups is 3. The van der Waals surface area contributed by atoms with Gasteiger partial charge in [0.05, 0.1) is 21.8 Å². The smallest absolute Gasteiger partial charge is 0.440 e. The number of anilines is 3. The molecule has 0 saturated heterocycles. The molecule has 53 heavy (non-hydrogen) atoms. The van der Waals surface area contributed by atoms with E-state index in [9.17, 15) is 33.2 Å². The summed E-state index contributed by atoms with van der Waals surface area (Å²) in [4.78, 5) is 48.5. The summed E-state index contributed by atoms with van der Waals surface area (Å²) in [6.07, 6.45) is 2.03. The number of pyridine rings is 1. The zero-order valence-corrected chi connectivity index (χ0v) is 31.7. The maximum absolute atomic E-state index is 13.2. The lowest BCUT2D eigenvalue weighted by Crippen LogP contribution is -2.42. The van der Waals surface area contributed by atoms with E-state index in [4.69, 9.17) is 9.57 Å². The minimum atomic E-state index is -3.58. The number of nitrogens with zero attached hydrogens (tertiary/aromatic N) is 3. The molecule has 0 aliphatic carbocycles. The predicted molar refractivity (Wildman–Crippen MR) is 202 cm³/mol. The van der Waals surface area contributed by atoms with E-state index in [0.29, 0.717) is 40.6 Å². The van der Waals surface area contributed by atoms with Gasteiger partial charge < -0.3 is 20.5 Å². The number of hydrogen-bond acceptors (Lipinski definition) is 10. The highest BCUT2D eigenvalue weighted by Gasteiger charge is 2.31. The molecule has 1 aromatic heterocycles. The van der Waals surface area contributed by atoms with Crippen LogP contribution in [0.3, 0.4) is 0 Å². The standard InChI is InChI=1S/C39H45N5O8S/c1-8-53(49,50)32-19-17-29(23-28(32)24-40)42-33(45)11-9-10-25-12-14-26(15-13-25)34(36(46)47)43-30-16-18-31-27(22-30)20-21-41-35(31)44(52-39(5,6)7)37(48)51-38(2,3)4/h12-23,34,43H,8-11H2,1-7H3,(H,42,45)(H,46,47). The third-order valence-electron chi connectivity index (χ3n) is 7.70. The highest BCUT2D eigenvalue weighted by Crippen LogP contribution is 2.32. The monoisotopic (exact) mass is 743 g/mol. The number of nitrogens with one attached hydrogen (secondary N) is 2. The third kappa shape index (κ3) is 11.0. The molecular formula is C39H45N5O8S. The Bertz CT molecular complexity index is 2130. The number of hydrogen-bond donors (Lipinski definition) is 3. The number of ether oxygens (including phenoxy) is 1. The SMILES string of the molecule is CCS(=O)(=O)c1ccc(NC(=O)CCCc2ccc(C(Nc3ccc4c(N(OC(C)(C)C)C(=O)OC(C)(C)C)nccc4c3)C(=O)O)cc2)cc1C#N. The van der Waals surface area contributed by atoms with Crippen LogP contribution >= 0.6 is 0 Å². The zero-order chi connectivity index (χ0) is 39.1. The van der Waals surface area contributed by atoms with Crippen LogP contribution in [-0.2, 0) is 35.4 Å². The summed E-state index contributed by atoms with van der Waals surface area (Å²) >= 11 is 0. The Morgan fingerprint density at radius 1 is 0.943 bits per heavy atom. The summed E-state index contributed by atoms with van der Waals surface area (Å²) in [5.41, 5.74) is 0.737. The first-order chi connectivity index (χ1) is 24.8. The maximum atomic E-state index is 13.2. The first kappa shape index (κ1) is 40.3. The second-order valence-electron chi connectivity index (χ2n) is 14.3. The van der Waals surface area contributed by atoms with Crippen molar-refractivity contribution >= 4 is 55.8 Å². The molecule has 1 heterocycles. The molecule has 0 spiro atoms. The van der Waals surface area contributed by atoms with Gasteiger partial charge >= 0.3 is 12.1 Å². The number of aliphatic carboxylic acids is 1. The average molecular weight is 744 g/mol. The molecule has 14 heteroatoms. The molecule has 13 nitrogen and oxygen atoms in total. The van der Waals surface area contributed by atoms with Crippen LogP contribution in [0.25, 0.3) is 10.8 Å². The lowest BCUT2D eigenvalue weighted by Gasteiger charge is -2.31. The second-order valence-corrected chi connectivity index (χ2v) is 16.6. The Kier molecular flexibility index (Phi) is 12.5. The van der Waals surface area contributed by atoms with Gasteiger partial charge in [-0.05, 0) is 113 Å². The van der Waals surface area contributed by atoms with E-state index in [2.05, 4.69) is 15.6 Å². The molecule has 0 bridgehead atoms. The minimum Gasteiger partial charge on any atom is -0.479 e. The fourth-order valence-electron chi connectivity index (χ4n) is 5.29. The van der Waals surface area contributed by atoms with Gasteiger partial charge in [-0.3, -0.25) is 9.63 Å². The summed E-state index contributed by atoms with van der Waals surface area (Å²) in [6.45, 7) is 12.2. The van der Waals surface area contributed by atoms with Crippen LogP contribution in [0.5, 0.6) is 0 Å². The van der Waals surface area contributed by atoms with E-state index in [1.165, 1.54) is 31.3 Å². The summed E-state index contributed by atoms with van der Waals surface area (Å²) in [5, 5.41) is 27.7. The van der Waals surface area contributed by atoms with Crippen molar-refractivity contribution in [2.75, 3.05) is 21.4 Å². The normalized spacial score (nSPS) is 12.4. The molecule has 4 aromatic rings. The number of aryl methyl sites for hydroxylation is 1. The van der Waals surface area contributed by atoms with E-state index in [0.717, 1.165) is 10.6 Å². The largest absolute Gasteiger partial charge is 0.479 e. The summed E-state index contributed by atoms with van der Waals surface area (Å²) in [7, 11) is -3.58. The van der Waals surface area contributed by atoms with E-state index < -0.39 is 39.1 Å². The molecule has 0 aliphatic rings. The summed E-state index contributed by atoms with van der Waals surface area (Å²) < 4.78 is 30.0. The zero-order valence-electron chi connectivity index (χ0n) is 30.9. The molecule has 2 amide bonds. The van der Waals surface area contributed by atoms with Crippen molar-refractivity contribution in [3.63, 3.8) is 0 Å². The van der Waals surface area contributed by atoms with Gasteiger partial charge in [-0.25, -0.2) is 23.0 Å². The number of hydroxylamine groups is 1. The van der Waals surface area contributed by atoms with Crippen molar-refractivity contribution < 1.29 is 37.5 Å². The van der Waals surface area contributed by atoms with E-state index in [-0.39, 0.29) is 34.4 Å². The van der Waals surface area contributed by atoms with Crippen molar-refractivity contribution in [1.29, 1.82) is 5.26 Å². The first-order valence-corrected chi connectivity index (χ1v) is 18.7. The number of carboxylic acid groups (broad SMARTS) is 1. The van der Waals surface area contributed by atoms with Crippen LogP contribution < -0.4 is 15.7 Å². The van der Waals surface area contributed by atoms with Gasteiger partial charge in [-0.2, -0.15) is 5.26 Å². The van der Waals surface area contributed by atoms with Gasteiger partial charge in [0.15, 0.2) is 21.7 Å². The second kappa shape index (κ2) is 16.4. The Morgan fingerprint density at radius 3 is 2.23 bits per heavy atom. The van der Waals surface area contributed by atoms with E-state index in [1.807, 2.05) is 18.2 Å². The molecular weight excluding hydrogens is 699 g/mol. The summed E-state index contributed by atoms with van der Waals surface area (Å²) in [6, 6.07) is 19.0. The topological polar surface area (TPSA) is 188 Å². The van der Waals surface area contributed by atoms with Gasteiger partial charge in [0.25, 0.3) is 0 Å². The number of carbonyl (C=O) groups excluding carboxylic acids is 2. The molecule has 280 valence electrons. The molecule has 0 radical (unpaired) electrons. The molecule has 0 fully saturated rings. The fraction of sp³-hybridized carbons (Fsp3) is 0.359. The van der Waals surface area contributed by atoms with Crippen molar-refractivity contribution in [2.45, 2.75) is 89.9 Å². The van der Waals surface area contributed by atoms with Crippen molar-refractivity contribution in [3.8, 4) is 6.07 Å². The number of aromatic nitrogens is 1. The van der Waals surface area contributed by atoms with Crippen LogP contribution in [0.2, 0.25) is 0 Å². The summed E-state index contributed by atoms with van der Waals surface area (Å²) in [5.74, 6) is -1.28. The van der Waals surface area contributed by atoms with Crippen LogP contribution in [0.15, 0.2) is 77.8 Å². The van der Waals surface area contributed by atoms with Crippen molar-refractivity contribution in [3.05, 3.63) is 89.6 Å². The number of amides is 2. The van der Waals surface area contributed by atoms with Gasteiger partial charge in [-0.15, -0.1) is 5.06 Å². The Morgan fingerprint density at radius 2 is 1.62 bits per heavy atom. The van der Waals surface area contributed by atoms with E-state index >= 15 is 0 Å². The Hall–Kier alpha value is -5.52. The van der Waals surface area contributed by atoms with Gasteiger partial charge in [-0.1, -0.05) is 31.2 Å². The lowest BCUT2D eigenvalue weighted by atomic mass is 10.0. The number of sulfone groups is 1. The van der Waals surface area contributed by atoms with Crippen molar-refractivity contribution in [1.82, 2.24) is 4.98 Å². The predicted octanol–water partition coefficient (Wildman–Crippen LogP) is 7.57. The number of benzene rings is 3.